The summed E-state index contributed by atoms with van der Waals surface area (Å²) < 4.78 is 12.5. The summed E-state index contributed by atoms with van der Waals surface area (Å²) in [5.41, 5.74) is 9.32. The van der Waals surface area contributed by atoms with Crippen molar-refractivity contribution in [3.63, 3.8) is 0 Å². The second-order valence-electron chi connectivity index (χ2n) is 7.75. The summed E-state index contributed by atoms with van der Waals surface area (Å²) in [4.78, 5) is 12.9. The van der Waals surface area contributed by atoms with Gasteiger partial charge in [0.05, 0.1) is 30.3 Å². The lowest BCUT2D eigenvalue weighted by molar-refractivity contribution is 0.183. The largest absolute Gasteiger partial charge is 0.383 e. The molecule has 0 radical (unpaired) electrons. The zero-order valence-corrected chi connectivity index (χ0v) is 17.2. The second-order valence-corrected chi connectivity index (χ2v) is 7.75. The molecule has 9 heteroatoms. The first kappa shape index (κ1) is 19.4. The molecule has 1 aliphatic rings. The molecule has 0 atom stereocenters. The Morgan fingerprint density at radius 3 is 2.52 bits per heavy atom. The average molecular weight is 417 g/mol. The van der Waals surface area contributed by atoms with Crippen molar-refractivity contribution in [2.45, 2.75) is 31.2 Å². The number of hydrogen-bond acceptors (Lipinski definition) is 8. The van der Waals surface area contributed by atoms with E-state index in [-0.39, 0.29) is 11.4 Å². The van der Waals surface area contributed by atoms with Gasteiger partial charge in [0.15, 0.2) is 5.82 Å². The molecule has 0 aliphatic heterocycles. The minimum Gasteiger partial charge on any atom is -0.383 e. The number of nitrogens with zero attached hydrogens (tertiary/aromatic N) is 6. The molecule has 3 aromatic heterocycles. The van der Waals surface area contributed by atoms with Crippen LogP contribution in [0.1, 0.15) is 30.7 Å². The smallest absolute Gasteiger partial charge is 0.261 e. The molecule has 1 saturated carbocycles. The number of anilines is 1. The number of ether oxygens (including phenoxy) is 1. The van der Waals surface area contributed by atoms with E-state index in [1.54, 1.807) is 25.7 Å². The number of nitrogens with two attached hydrogens (primary N) is 1. The van der Waals surface area contributed by atoms with Crippen LogP contribution in [0.3, 0.4) is 0 Å². The van der Waals surface area contributed by atoms with Gasteiger partial charge in [-0.05, 0) is 24.0 Å². The van der Waals surface area contributed by atoms with Crippen molar-refractivity contribution < 1.29 is 9.26 Å². The SMILES string of the molecule is COCCn1cc(-c2nc(C3(c4ccc(-c5cnc(N)nc5)cc4)CCC3)no2)cn1. The molecule has 31 heavy (non-hydrogen) atoms. The number of nitrogen functional groups attached to an aromatic ring is 1. The Morgan fingerprint density at radius 1 is 1.06 bits per heavy atom. The van der Waals surface area contributed by atoms with E-state index >= 15 is 0 Å². The van der Waals surface area contributed by atoms with E-state index in [0.717, 1.165) is 41.8 Å². The van der Waals surface area contributed by atoms with Gasteiger partial charge >= 0.3 is 0 Å². The van der Waals surface area contributed by atoms with Crippen molar-refractivity contribution in [1.82, 2.24) is 29.9 Å². The van der Waals surface area contributed by atoms with E-state index in [0.29, 0.717) is 19.0 Å². The number of benzene rings is 1. The van der Waals surface area contributed by atoms with Crippen molar-refractivity contribution >= 4 is 5.95 Å². The first-order valence-electron chi connectivity index (χ1n) is 10.2. The van der Waals surface area contributed by atoms with E-state index in [2.05, 4.69) is 44.5 Å². The van der Waals surface area contributed by atoms with Crippen LogP contribution in [0.15, 0.2) is 53.6 Å². The van der Waals surface area contributed by atoms with Gasteiger partial charge < -0.3 is 15.0 Å². The Kier molecular flexibility index (Phi) is 4.95. The molecule has 0 spiro atoms. The molecule has 0 unspecified atom stereocenters. The lowest BCUT2D eigenvalue weighted by Gasteiger charge is -2.39. The van der Waals surface area contributed by atoms with E-state index in [4.69, 9.17) is 20.0 Å². The highest BCUT2D eigenvalue weighted by Crippen LogP contribution is 2.48. The Balaban J connectivity index is 1.40. The number of aromatic nitrogens is 6. The molecule has 5 rings (SSSR count). The molecular formula is C22H23N7O2. The normalized spacial score (nSPS) is 15.0. The molecule has 0 amide bonds. The van der Waals surface area contributed by atoms with Crippen LogP contribution in [0.4, 0.5) is 5.95 Å². The molecule has 1 aromatic carbocycles. The number of rotatable bonds is 7. The lowest BCUT2D eigenvalue weighted by atomic mass is 9.64. The number of methoxy groups -OCH3 is 1. The van der Waals surface area contributed by atoms with Crippen LogP contribution in [0.25, 0.3) is 22.6 Å². The topological polar surface area (TPSA) is 118 Å². The first-order valence-corrected chi connectivity index (χ1v) is 10.2. The van der Waals surface area contributed by atoms with Crippen LogP contribution in [0, 0.1) is 0 Å². The zero-order valence-electron chi connectivity index (χ0n) is 17.2. The Labute approximate surface area is 179 Å². The molecule has 0 saturated heterocycles. The van der Waals surface area contributed by atoms with E-state index in [1.807, 2.05) is 10.9 Å². The molecule has 4 aromatic rings. The highest BCUT2D eigenvalue weighted by molar-refractivity contribution is 5.63. The third kappa shape index (κ3) is 3.57. The molecule has 9 nitrogen and oxygen atoms in total. The predicted octanol–water partition coefficient (Wildman–Crippen LogP) is 3.09. The second kappa shape index (κ2) is 7.92. The minimum atomic E-state index is -0.218. The monoisotopic (exact) mass is 417 g/mol. The summed E-state index contributed by atoms with van der Waals surface area (Å²) in [6.07, 6.45) is 10.2. The van der Waals surface area contributed by atoms with Crippen molar-refractivity contribution in [3.05, 3.63) is 60.4 Å². The standard InChI is InChI=1S/C22H23N7O2/c1-30-10-9-29-14-17(13-26-29)19-27-20(28-31-19)22(7-2-8-22)18-5-3-15(4-6-18)16-11-24-21(23)25-12-16/h3-6,11-14H,2,7-10H2,1H3,(H2,23,24,25). The number of hydrogen-bond donors (Lipinski definition) is 1. The van der Waals surface area contributed by atoms with Crippen LogP contribution in [-0.4, -0.2) is 43.6 Å². The van der Waals surface area contributed by atoms with Crippen molar-refractivity contribution in [2.75, 3.05) is 19.5 Å². The van der Waals surface area contributed by atoms with Gasteiger partial charge in [-0.2, -0.15) is 10.1 Å². The maximum atomic E-state index is 5.60. The quantitative estimate of drug-likeness (QED) is 0.487. The fourth-order valence-corrected chi connectivity index (χ4v) is 3.96. The van der Waals surface area contributed by atoms with Gasteiger partial charge in [0.1, 0.15) is 0 Å². The Bertz CT molecular complexity index is 1160. The third-order valence-electron chi connectivity index (χ3n) is 5.91. The average Bonchev–Trinajstić information content (AvgIpc) is 3.43. The molecule has 3 heterocycles. The summed E-state index contributed by atoms with van der Waals surface area (Å²) >= 11 is 0. The molecule has 0 bridgehead atoms. The molecular weight excluding hydrogens is 394 g/mol. The van der Waals surface area contributed by atoms with Gasteiger partial charge in [-0.25, -0.2) is 9.97 Å². The van der Waals surface area contributed by atoms with Gasteiger partial charge in [0.2, 0.25) is 5.95 Å². The van der Waals surface area contributed by atoms with Gasteiger partial charge in [0, 0.05) is 31.3 Å². The zero-order chi connectivity index (χ0) is 21.3. The fourth-order valence-electron chi connectivity index (χ4n) is 3.96. The van der Waals surface area contributed by atoms with Crippen LogP contribution in [0.2, 0.25) is 0 Å². The van der Waals surface area contributed by atoms with Gasteiger partial charge in [-0.15, -0.1) is 0 Å². The highest BCUT2D eigenvalue weighted by Gasteiger charge is 2.44. The van der Waals surface area contributed by atoms with Gasteiger partial charge in [-0.3, -0.25) is 4.68 Å². The lowest BCUT2D eigenvalue weighted by Crippen LogP contribution is -2.36. The maximum Gasteiger partial charge on any atom is 0.261 e. The maximum absolute atomic E-state index is 5.60. The molecule has 158 valence electrons. The van der Waals surface area contributed by atoms with E-state index in [1.165, 1.54) is 5.56 Å². The van der Waals surface area contributed by atoms with Gasteiger partial charge in [-0.1, -0.05) is 35.8 Å². The fraction of sp³-hybridized carbons (Fsp3) is 0.318. The highest BCUT2D eigenvalue weighted by atomic mass is 16.5. The summed E-state index contributed by atoms with van der Waals surface area (Å²) in [6, 6.07) is 8.41. The minimum absolute atomic E-state index is 0.218. The van der Waals surface area contributed by atoms with Crippen molar-refractivity contribution in [3.8, 4) is 22.6 Å². The summed E-state index contributed by atoms with van der Waals surface area (Å²) in [5, 5.41) is 8.67. The van der Waals surface area contributed by atoms with E-state index in [9.17, 15) is 0 Å². The van der Waals surface area contributed by atoms with Crippen LogP contribution in [-0.2, 0) is 16.7 Å². The predicted molar refractivity (Wildman–Crippen MR) is 114 cm³/mol. The Hall–Kier alpha value is -3.59. The summed E-state index contributed by atoms with van der Waals surface area (Å²) in [5.74, 6) is 1.48. The Morgan fingerprint density at radius 2 is 1.84 bits per heavy atom. The van der Waals surface area contributed by atoms with Crippen molar-refractivity contribution in [1.29, 1.82) is 0 Å². The summed E-state index contributed by atoms with van der Waals surface area (Å²) in [6.45, 7) is 1.27. The third-order valence-corrected chi connectivity index (χ3v) is 5.91. The summed E-state index contributed by atoms with van der Waals surface area (Å²) in [7, 11) is 1.67. The van der Waals surface area contributed by atoms with Crippen LogP contribution >= 0.6 is 0 Å². The molecule has 1 fully saturated rings. The van der Waals surface area contributed by atoms with Crippen LogP contribution in [0.5, 0.6) is 0 Å². The van der Waals surface area contributed by atoms with Crippen molar-refractivity contribution in [2.24, 2.45) is 0 Å². The first-order chi connectivity index (χ1) is 15.2. The van der Waals surface area contributed by atoms with Crippen LogP contribution < -0.4 is 5.73 Å². The van der Waals surface area contributed by atoms with E-state index < -0.39 is 0 Å². The van der Waals surface area contributed by atoms with Gasteiger partial charge in [0.25, 0.3) is 5.89 Å². The molecule has 2 N–H and O–H groups in total. The molecule has 1 aliphatic carbocycles.